The van der Waals surface area contributed by atoms with E-state index in [-0.39, 0.29) is 0 Å². The second-order valence-electron chi connectivity index (χ2n) is 3.24. The van der Waals surface area contributed by atoms with Gasteiger partial charge >= 0.3 is 0 Å². The Hall–Kier alpha value is -0.220. The van der Waals surface area contributed by atoms with Crippen LogP contribution in [0, 0.1) is 5.92 Å². The van der Waals surface area contributed by atoms with Crippen molar-refractivity contribution in [3.63, 3.8) is 0 Å². The van der Waals surface area contributed by atoms with Crippen LogP contribution in [0.3, 0.4) is 0 Å². The van der Waals surface area contributed by atoms with Gasteiger partial charge < -0.3 is 5.73 Å². The smallest absolute Gasteiger partial charge is 0.0650 e. The van der Waals surface area contributed by atoms with Gasteiger partial charge in [0.15, 0.2) is 0 Å². The van der Waals surface area contributed by atoms with Crippen molar-refractivity contribution in [2.24, 2.45) is 5.92 Å². The second-order valence-corrected chi connectivity index (χ2v) is 5.13. The molecule has 0 spiro atoms. The number of aromatic nitrogens is 1. The monoisotopic (exact) mass is 260 g/mol. The van der Waals surface area contributed by atoms with Crippen molar-refractivity contribution in [1.82, 2.24) is 4.98 Å². The number of hydrogen-bond acceptors (Lipinski definition) is 3. The normalized spacial score (nSPS) is 10.8. The first-order chi connectivity index (χ1) is 6.11. The summed E-state index contributed by atoms with van der Waals surface area (Å²) in [5.74, 6) is 1.75. The minimum absolute atomic E-state index is 0.671. The van der Waals surface area contributed by atoms with Gasteiger partial charge in [0.05, 0.1) is 16.4 Å². The average molecular weight is 261 g/mol. The summed E-state index contributed by atoms with van der Waals surface area (Å²) in [5, 5.41) is 0. The minimum atomic E-state index is 0.671. The summed E-state index contributed by atoms with van der Waals surface area (Å²) in [6.07, 6.45) is 3.46. The number of nitrogen functional groups attached to an aromatic ring is 1. The molecule has 0 unspecified atom stereocenters. The first-order valence-electron chi connectivity index (χ1n) is 4.13. The Balaban J connectivity index is 2.75. The van der Waals surface area contributed by atoms with Crippen LogP contribution >= 0.6 is 27.7 Å². The maximum absolute atomic E-state index is 5.79. The van der Waals surface area contributed by atoms with E-state index >= 15 is 0 Å². The Morgan fingerprint density at radius 2 is 2.23 bits per heavy atom. The summed E-state index contributed by atoms with van der Waals surface area (Å²) in [6.45, 7) is 4.39. The van der Waals surface area contributed by atoms with E-state index in [1.807, 2.05) is 0 Å². The molecule has 0 radical (unpaired) electrons. The molecule has 0 bridgehead atoms. The van der Waals surface area contributed by atoms with Gasteiger partial charge in [-0.3, -0.25) is 4.98 Å². The van der Waals surface area contributed by atoms with E-state index in [0.29, 0.717) is 5.92 Å². The molecule has 0 aliphatic heterocycles. The summed E-state index contributed by atoms with van der Waals surface area (Å²) >= 11 is 5.20. The third kappa shape index (κ3) is 3.19. The quantitative estimate of drug-likeness (QED) is 0.849. The molecule has 0 atom stereocenters. The lowest BCUT2D eigenvalue weighted by atomic mass is 10.3. The van der Waals surface area contributed by atoms with Crippen LogP contribution in [0.15, 0.2) is 21.8 Å². The Labute approximate surface area is 91.4 Å². The molecule has 0 saturated carbocycles. The van der Waals surface area contributed by atoms with Crippen molar-refractivity contribution in [1.29, 1.82) is 0 Å². The molecule has 0 aromatic carbocycles. The highest BCUT2D eigenvalue weighted by atomic mass is 79.9. The molecule has 4 heteroatoms. The fraction of sp³-hybridized carbons (Fsp3) is 0.444. The predicted molar refractivity (Wildman–Crippen MR) is 61.9 cm³/mol. The number of nitrogens with zero attached hydrogens (tertiary/aromatic N) is 1. The molecule has 1 heterocycles. The van der Waals surface area contributed by atoms with Gasteiger partial charge in [-0.2, -0.15) is 0 Å². The van der Waals surface area contributed by atoms with Gasteiger partial charge in [0.25, 0.3) is 0 Å². The number of thioether (sulfide) groups is 1. The van der Waals surface area contributed by atoms with Gasteiger partial charge in [0.2, 0.25) is 0 Å². The fourth-order valence-corrected chi connectivity index (χ4v) is 2.44. The molecule has 2 N–H and O–H groups in total. The van der Waals surface area contributed by atoms with E-state index in [2.05, 4.69) is 34.8 Å². The number of nitrogens with two attached hydrogens (primary N) is 1. The van der Waals surface area contributed by atoms with Crippen molar-refractivity contribution < 1.29 is 0 Å². The lowest BCUT2D eigenvalue weighted by molar-refractivity contribution is 0.750. The van der Waals surface area contributed by atoms with Crippen molar-refractivity contribution in [3.8, 4) is 0 Å². The van der Waals surface area contributed by atoms with E-state index in [1.165, 1.54) is 0 Å². The zero-order chi connectivity index (χ0) is 9.84. The van der Waals surface area contributed by atoms with E-state index in [4.69, 9.17) is 5.73 Å². The predicted octanol–water partition coefficient (Wildman–Crippen LogP) is 3.17. The van der Waals surface area contributed by atoms with Crippen molar-refractivity contribution in [2.45, 2.75) is 18.7 Å². The number of anilines is 1. The van der Waals surface area contributed by atoms with Gasteiger partial charge in [0, 0.05) is 16.8 Å². The Morgan fingerprint density at radius 3 is 2.77 bits per heavy atom. The molecular weight excluding hydrogens is 248 g/mol. The Kier molecular flexibility index (Phi) is 4.06. The summed E-state index contributed by atoms with van der Waals surface area (Å²) in [4.78, 5) is 5.09. The molecule has 0 amide bonds. The van der Waals surface area contributed by atoms with Crippen LogP contribution in [0.2, 0.25) is 0 Å². The molecule has 0 saturated heterocycles. The third-order valence-electron chi connectivity index (χ3n) is 1.44. The van der Waals surface area contributed by atoms with Crippen LogP contribution in [-0.4, -0.2) is 10.7 Å². The van der Waals surface area contributed by atoms with Crippen molar-refractivity contribution in [2.75, 3.05) is 11.5 Å². The molecule has 72 valence electrons. The Bertz CT molecular complexity index is 269. The zero-order valence-electron chi connectivity index (χ0n) is 7.75. The van der Waals surface area contributed by atoms with Crippen LogP contribution in [0.4, 0.5) is 5.69 Å². The van der Waals surface area contributed by atoms with Gasteiger partial charge in [-0.1, -0.05) is 13.8 Å². The minimum Gasteiger partial charge on any atom is -0.397 e. The molecular formula is C9H13BrN2S. The molecule has 0 aliphatic rings. The van der Waals surface area contributed by atoms with Gasteiger partial charge in [-0.25, -0.2) is 0 Å². The Morgan fingerprint density at radius 1 is 1.54 bits per heavy atom. The number of hydrogen-bond donors (Lipinski definition) is 1. The first kappa shape index (κ1) is 10.9. The number of rotatable bonds is 3. The highest BCUT2D eigenvalue weighted by molar-refractivity contribution is 9.10. The van der Waals surface area contributed by atoms with E-state index < -0.39 is 0 Å². The summed E-state index contributed by atoms with van der Waals surface area (Å²) < 4.78 is 0.984. The van der Waals surface area contributed by atoms with Gasteiger partial charge in [-0.05, 0) is 21.8 Å². The molecule has 1 aromatic heterocycles. The lowest BCUT2D eigenvalue weighted by Crippen LogP contribution is -1.95. The van der Waals surface area contributed by atoms with E-state index in [0.717, 1.165) is 20.8 Å². The maximum Gasteiger partial charge on any atom is 0.0650 e. The van der Waals surface area contributed by atoms with Crippen LogP contribution < -0.4 is 5.73 Å². The second kappa shape index (κ2) is 4.86. The molecule has 13 heavy (non-hydrogen) atoms. The standard InChI is InChI=1S/C9H13BrN2S/c1-6(2)5-13-9-7(10)3-12-4-8(9)11/h3-4,6H,5,11H2,1-2H3. The van der Waals surface area contributed by atoms with E-state index in [9.17, 15) is 0 Å². The van der Waals surface area contributed by atoms with Crippen LogP contribution in [0.5, 0.6) is 0 Å². The van der Waals surface area contributed by atoms with Crippen LogP contribution in [0.1, 0.15) is 13.8 Å². The lowest BCUT2D eigenvalue weighted by Gasteiger charge is -2.08. The SMILES string of the molecule is CC(C)CSc1c(N)cncc1Br. The molecule has 1 aromatic rings. The average Bonchev–Trinajstić information content (AvgIpc) is 2.03. The first-order valence-corrected chi connectivity index (χ1v) is 5.91. The van der Waals surface area contributed by atoms with Crippen LogP contribution in [0.25, 0.3) is 0 Å². The van der Waals surface area contributed by atoms with Crippen LogP contribution in [-0.2, 0) is 0 Å². The maximum atomic E-state index is 5.79. The largest absolute Gasteiger partial charge is 0.397 e. The highest BCUT2D eigenvalue weighted by Gasteiger charge is 2.06. The zero-order valence-corrected chi connectivity index (χ0v) is 10.2. The molecule has 0 aliphatic carbocycles. The van der Waals surface area contributed by atoms with E-state index in [1.54, 1.807) is 24.2 Å². The van der Waals surface area contributed by atoms with Gasteiger partial charge in [-0.15, -0.1) is 11.8 Å². The summed E-state index contributed by atoms with van der Waals surface area (Å²) in [5.41, 5.74) is 6.54. The summed E-state index contributed by atoms with van der Waals surface area (Å²) in [6, 6.07) is 0. The topological polar surface area (TPSA) is 38.9 Å². The third-order valence-corrected chi connectivity index (χ3v) is 3.88. The summed E-state index contributed by atoms with van der Waals surface area (Å²) in [7, 11) is 0. The molecule has 0 fully saturated rings. The molecule has 1 rings (SSSR count). The highest BCUT2D eigenvalue weighted by Crippen LogP contribution is 2.32. The fourth-order valence-electron chi connectivity index (χ4n) is 0.840. The van der Waals surface area contributed by atoms with Gasteiger partial charge in [0.1, 0.15) is 0 Å². The molecule has 2 nitrogen and oxygen atoms in total. The van der Waals surface area contributed by atoms with Crippen molar-refractivity contribution >= 4 is 33.4 Å². The number of pyridine rings is 1. The van der Waals surface area contributed by atoms with Crippen molar-refractivity contribution in [3.05, 3.63) is 16.9 Å². The number of halogens is 1.